The van der Waals surface area contributed by atoms with Gasteiger partial charge in [-0.15, -0.1) is 0 Å². The Morgan fingerprint density at radius 1 is 1.18 bits per heavy atom. The zero-order valence-electron chi connectivity index (χ0n) is 17.6. The molecule has 0 radical (unpaired) electrons. The average molecular weight is 372 g/mol. The zero-order chi connectivity index (χ0) is 19.8. The minimum absolute atomic E-state index is 0.576. The van der Waals surface area contributed by atoms with Crippen LogP contribution in [0.4, 0.5) is 0 Å². The molecule has 146 valence electrons. The summed E-state index contributed by atoms with van der Waals surface area (Å²) in [6.07, 6.45) is 10.5. The van der Waals surface area contributed by atoms with Gasteiger partial charge in [0, 0.05) is 6.54 Å². The molecule has 0 saturated heterocycles. The number of hydrogen-bond donors (Lipinski definition) is 1. The molecule has 2 aromatic carbocycles. The summed E-state index contributed by atoms with van der Waals surface area (Å²) in [5, 5.41) is 0. The first-order chi connectivity index (χ1) is 13.5. The second-order valence-electron chi connectivity index (χ2n) is 8.70. The van der Waals surface area contributed by atoms with Crippen molar-refractivity contribution >= 4 is 12.2 Å². The van der Waals surface area contributed by atoms with Crippen molar-refractivity contribution in [1.82, 2.24) is 0 Å². The van der Waals surface area contributed by atoms with Gasteiger partial charge in [0.1, 0.15) is 0 Å². The highest BCUT2D eigenvalue weighted by Gasteiger charge is 2.27. The molecule has 2 N–H and O–H groups in total. The number of aryl methyl sites for hydroxylation is 1. The molecule has 4 rings (SSSR count). The Morgan fingerprint density at radius 3 is 2.61 bits per heavy atom. The topological polar surface area (TPSA) is 26.0 Å². The normalized spacial score (nSPS) is 19.0. The summed E-state index contributed by atoms with van der Waals surface area (Å²) >= 11 is 0. The molecule has 28 heavy (non-hydrogen) atoms. The Kier molecular flexibility index (Phi) is 5.29. The molecule has 0 aliphatic heterocycles. The Hall–Kier alpha value is -2.12. The lowest BCUT2D eigenvalue weighted by Gasteiger charge is -2.14. The van der Waals surface area contributed by atoms with E-state index in [0.717, 1.165) is 25.2 Å². The van der Waals surface area contributed by atoms with Gasteiger partial charge in [-0.05, 0) is 102 Å². The van der Waals surface area contributed by atoms with Crippen molar-refractivity contribution in [2.24, 2.45) is 11.7 Å². The summed E-state index contributed by atoms with van der Waals surface area (Å²) in [7, 11) is 0. The van der Waals surface area contributed by atoms with Crippen molar-refractivity contribution in [2.45, 2.75) is 65.3 Å². The highest BCUT2D eigenvalue weighted by atomic mass is 14.5. The molecule has 1 saturated carbocycles. The van der Waals surface area contributed by atoms with Crippen molar-refractivity contribution in [1.29, 1.82) is 0 Å². The van der Waals surface area contributed by atoms with E-state index in [0.29, 0.717) is 12.5 Å². The SMILES string of the molecule is C=Cc1cc2c(c(C)c1/C=C(\C)C1CC1)CC(c1ccc(CN)c(CC)c1)C2. The number of hydrogen-bond acceptors (Lipinski definition) is 1. The first-order valence-corrected chi connectivity index (χ1v) is 10.8. The van der Waals surface area contributed by atoms with Crippen LogP contribution in [0.1, 0.15) is 77.1 Å². The predicted octanol–water partition coefficient (Wildman–Crippen LogP) is 6.35. The molecule has 0 aromatic heterocycles. The minimum atomic E-state index is 0.576. The lowest BCUT2D eigenvalue weighted by molar-refractivity contribution is 0.737. The highest BCUT2D eigenvalue weighted by molar-refractivity contribution is 5.72. The van der Waals surface area contributed by atoms with Crippen molar-refractivity contribution < 1.29 is 0 Å². The van der Waals surface area contributed by atoms with Crippen molar-refractivity contribution in [2.75, 3.05) is 0 Å². The summed E-state index contributed by atoms with van der Waals surface area (Å²) in [5.74, 6) is 1.39. The third kappa shape index (κ3) is 3.49. The molecule has 1 heteroatoms. The van der Waals surface area contributed by atoms with Gasteiger partial charge in [-0.1, -0.05) is 55.5 Å². The molecule has 2 aliphatic rings. The lowest BCUT2D eigenvalue weighted by atomic mass is 9.91. The van der Waals surface area contributed by atoms with Crippen LogP contribution in [-0.2, 0) is 25.8 Å². The minimum Gasteiger partial charge on any atom is -0.326 e. The molecule has 1 unspecified atom stereocenters. The molecule has 1 fully saturated rings. The van der Waals surface area contributed by atoms with Gasteiger partial charge < -0.3 is 5.73 Å². The first-order valence-electron chi connectivity index (χ1n) is 10.8. The summed E-state index contributed by atoms with van der Waals surface area (Å²) in [6.45, 7) is 11.6. The smallest absolute Gasteiger partial charge is 0.0180 e. The van der Waals surface area contributed by atoms with E-state index < -0.39 is 0 Å². The van der Waals surface area contributed by atoms with E-state index >= 15 is 0 Å². The van der Waals surface area contributed by atoms with E-state index in [1.807, 2.05) is 6.08 Å². The largest absolute Gasteiger partial charge is 0.326 e. The monoisotopic (exact) mass is 371 g/mol. The van der Waals surface area contributed by atoms with Crippen LogP contribution < -0.4 is 5.73 Å². The van der Waals surface area contributed by atoms with E-state index in [4.69, 9.17) is 5.73 Å². The number of fused-ring (bicyclic) bond motifs is 1. The van der Waals surface area contributed by atoms with Crippen molar-refractivity contribution in [3.8, 4) is 0 Å². The lowest BCUT2D eigenvalue weighted by Crippen LogP contribution is -2.04. The van der Waals surface area contributed by atoms with Crippen LogP contribution in [0.2, 0.25) is 0 Å². The molecule has 1 nitrogen and oxygen atoms in total. The second kappa shape index (κ2) is 7.72. The number of allylic oxidation sites excluding steroid dienone is 1. The number of rotatable bonds is 6. The van der Waals surface area contributed by atoms with E-state index in [1.54, 1.807) is 5.56 Å². The predicted molar refractivity (Wildman–Crippen MR) is 122 cm³/mol. The third-order valence-corrected chi connectivity index (χ3v) is 6.92. The Balaban J connectivity index is 1.69. The van der Waals surface area contributed by atoms with E-state index in [-0.39, 0.29) is 0 Å². The number of benzene rings is 2. The molecule has 1 atom stereocenters. The third-order valence-electron chi connectivity index (χ3n) is 6.92. The van der Waals surface area contributed by atoms with E-state index in [2.05, 4.69) is 57.7 Å². The molecule has 0 heterocycles. The van der Waals surface area contributed by atoms with Gasteiger partial charge in [0.25, 0.3) is 0 Å². The summed E-state index contributed by atoms with van der Waals surface area (Å²) in [4.78, 5) is 0. The van der Waals surface area contributed by atoms with Gasteiger partial charge >= 0.3 is 0 Å². The van der Waals surface area contributed by atoms with Crippen molar-refractivity contribution in [3.05, 3.63) is 80.9 Å². The van der Waals surface area contributed by atoms with Crippen LogP contribution in [-0.4, -0.2) is 0 Å². The maximum Gasteiger partial charge on any atom is 0.0180 e. The molecule has 0 spiro atoms. The molecular formula is C27H33N. The summed E-state index contributed by atoms with van der Waals surface area (Å²) in [5.41, 5.74) is 18.8. The molecule has 0 bridgehead atoms. The van der Waals surface area contributed by atoms with Gasteiger partial charge in [-0.3, -0.25) is 0 Å². The first kappa shape index (κ1) is 19.2. The second-order valence-corrected chi connectivity index (χ2v) is 8.70. The van der Waals surface area contributed by atoms with Crippen LogP contribution in [0.25, 0.3) is 12.2 Å². The molecule has 0 amide bonds. The quantitative estimate of drug-likeness (QED) is 0.628. The standard InChI is InChI=1S/C27H33N/c1-5-19-12-22(9-10-23(19)16-28)24-14-25-13-20(6-2)26(18(4)27(25)15-24)11-17(3)21-7-8-21/h6,9-13,21,24H,2,5,7-8,14-16,28H2,1,3-4H3/b17-11+. The van der Waals surface area contributed by atoms with Gasteiger partial charge in [0.15, 0.2) is 0 Å². The van der Waals surface area contributed by atoms with Crippen LogP contribution in [0, 0.1) is 12.8 Å². The highest BCUT2D eigenvalue weighted by Crippen LogP contribution is 2.41. The van der Waals surface area contributed by atoms with Crippen LogP contribution in [0.3, 0.4) is 0 Å². The average Bonchev–Trinajstić information content (AvgIpc) is 3.48. The van der Waals surface area contributed by atoms with E-state index in [1.165, 1.54) is 57.4 Å². The summed E-state index contributed by atoms with van der Waals surface area (Å²) < 4.78 is 0. The van der Waals surface area contributed by atoms with Crippen molar-refractivity contribution in [3.63, 3.8) is 0 Å². The van der Waals surface area contributed by atoms with E-state index in [9.17, 15) is 0 Å². The zero-order valence-corrected chi connectivity index (χ0v) is 17.6. The molecule has 2 aromatic rings. The number of nitrogens with two attached hydrogens (primary N) is 1. The van der Waals surface area contributed by atoms with Gasteiger partial charge in [0.05, 0.1) is 0 Å². The fourth-order valence-electron chi connectivity index (χ4n) is 4.93. The Bertz CT molecular complexity index is 943. The van der Waals surface area contributed by atoms with Gasteiger partial charge in [0.2, 0.25) is 0 Å². The molecule has 2 aliphatic carbocycles. The Labute approximate surface area is 170 Å². The maximum atomic E-state index is 5.92. The van der Waals surface area contributed by atoms with Gasteiger partial charge in [-0.2, -0.15) is 0 Å². The maximum absolute atomic E-state index is 5.92. The fourth-order valence-corrected chi connectivity index (χ4v) is 4.93. The Morgan fingerprint density at radius 2 is 1.96 bits per heavy atom. The van der Waals surface area contributed by atoms with Crippen LogP contribution in [0.15, 0.2) is 36.4 Å². The fraction of sp³-hybridized carbons (Fsp3) is 0.407. The van der Waals surface area contributed by atoms with Gasteiger partial charge in [-0.25, -0.2) is 0 Å². The summed E-state index contributed by atoms with van der Waals surface area (Å²) in [6, 6.07) is 9.35. The molecular weight excluding hydrogens is 338 g/mol. The van der Waals surface area contributed by atoms with Crippen LogP contribution >= 0.6 is 0 Å². The van der Waals surface area contributed by atoms with Crippen LogP contribution in [0.5, 0.6) is 0 Å².